The minimum absolute atomic E-state index is 0.0399. The Balaban J connectivity index is 1.43. The lowest BCUT2D eigenvalue weighted by Gasteiger charge is -2.31. The van der Waals surface area contributed by atoms with E-state index in [2.05, 4.69) is 26.6 Å². The highest BCUT2D eigenvalue weighted by Gasteiger charge is 2.35. The maximum absolute atomic E-state index is 14.8. The number of hydrogen-bond donors (Lipinski definition) is 7. The molecule has 0 aromatic heterocycles. The van der Waals surface area contributed by atoms with Gasteiger partial charge in [0, 0.05) is 25.2 Å². The molecule has 7 atom stereocenters. The zero-order valence-electron chi connectivity index (χ0n) is 41.4. The lowest BCUT2D eigenvalue weighted by Crippen LogP contribution is -2.58. The first kappa shape index (κ1) is 54.6. The summed E-state index contributed by atoms with van der Waals surface area (Å²) in [6.45, 7) is 8.98. The fourth-order valence-corrected chi connectivity index (χ4v) is 8.25. The van der Waals surface area contributed by atoms with Gasteiger partial charge in [-0.2, -0.15) is 0 Å². The van der Waals surface area contributed by atoms with E-state index in [1.807, 2.05) is 166 Å². The van der Waals surface area contributed by atoms with Crippen molar-refractivity contribution in [2.24, 2.45) is 17.6 Å². The van der Waals surface area contributed by atoms with Crippen LogP contribution < -0.4 is 32.3 Å². The molecule has 0 aliphatic carbocycles. The van der Waals surface area contributed by atoms with Gasteiger partial charge in [-0.3, -0.25) is 24.0 Å². The molecule has 0 aliphatic heterocycles. The Kier molecular flexibility index (Phi) is 20.9. The smallest absolute Gasteiger partial charge is 0.408 e. The summed E-state index contributed by atoms with van der Waals surface area (Å²) < 4.78 is 5.52. The minimum atomic E-state index is -1.33. The van der Waals surface area contributed by atoms with Crippen LogP contribution in [0.4, 0.5) is 4.79 Å². The molecule has 0 radical (unpaired) electrons. The predicted molar refractivity (Wildman–Crippen MR) is 274 cm³/mol. The molecule has 0 saturated heterocycles. The molecule has 1 unspecified atom stereocenters. The van der Waals surface area contributed by atoms with E-state index in [9.17, 15) is 33.9 Å². The number of amides is 6. The number of ether oxygens (including phenoxy) is 1. The van der Waals surface area contributed by atoms with Gasteiger partial charge in [-0.1, -0.05) is 166 Å². The van der Waals surface area contributed by atoms with E-state index in [0.29, 0.717) is 0 Å². The number of rotatable bonds is 25. The number of carbonyl (C=O) groups is 6. The largest absolute Gasteiger partial charge is 0.444 e. The quantitative estimate of drug-likeness (QED) is 0.0371. The molecule has 6 amide bonds. The molecule has 5 rings (SSSR count). The fraction of sp³-hybridized carbons (Fsp3) is 0.368. The molecule has 0 spiro atoms. The second-order valence-electron chi connectivity index (χ2n) is 19.5. The van der Waals surface area contributed by atoms with E-state index < -0.39 is 83.5 Å². The zero-order valence-corrected chi connectivity index (χ0v) is 41.4. The van der Waals surface area contributed by atoms with Crippen molar-refractivity contribution >= 4 is 35.6 Å². The van der Waals surface area contributed by atoms with Crippen molar-refractivity contribution in [2.45, 2.75) is 121 Å². The molecule has 376 valence electrons. The van der Waals surface area contributed by atoms with Gasteiger partial charge in [-0.05, 0) is 80.2 Å². The maximum Gasteiger partial charge on any atom is 0.408 e. The van der Waals surface area contributed by atoms with Crippen molar-refractivity contribution in [3.05, 3.63) is 179 Å². The number of alkyl carbamates (subject to hydrolysis) is 1. The third kappa shape index (κ3) is 19.2. The molecular weight excluding hydrogens is 897 g/mol. The Hall–Kier alpha value is -7.32. The van der Waals surface area contributed by atoms with Gasteiger partial charge in [0.15, 0.2) is 0 Å². The third-order valence-corrected chi connectivity index (χ3v) is 11.8. The average Bonchev–Trinajstić information content (AvgIpc) is 3.33. The number of nitrogens with one attached hydrogen (secondary N) is 5. The van der Waals surface area contributed by atoms with Crippen LogP contribution in [0.3, 0.4) is 0 Å². The first-order chi connectivity index (χ1) is 33.9. The van der Waals surface area contributed by atoms with E-state index in [0.717, 1.165) is 27.8 Å². The topological polar surface area (TPSA) is 218 Å². The summed E-state index contributed by atoms with van der Waals surface area (Å²) in [5.74, 6) is -3.97. The van der Waals surface area contributed by atoms with Crippen LogP contribution in [0.25, 0.3) is 0 Å². The lowest BCUT2D eigenvalue weighted by molar-refractivity contribution is -0.133. The van der Waals surface area contributed by atoms with Crippen LogP contribution in [0.1, 0.15) is 75.3 Å². The normalized spacial score (nSPS) is 14.3. The van der Waals surface area contributed by atoms with Gasteiger partial charge in [-0.25, -0.2) is 4.79 Å². The van der Waals surface area contributed by atoms with Crippen LogP contribution in [-0.4, -0.2) is 82.6 Å². The molecule has 0 heterocycles. The van der Waals surface area contributed by atoms with E-state index in [-0.39, 0.29) is 50.9 Å². The molecule has 0 saturated carbocycles. The van der Waals surface area contributed by atoms with Crippen molar-refractivity contribution in [3.8, 4) is 0 Å². The highest BCUT2D eigenvalue weighted by atomic mass is 16.6. The number of carbonyl (C=O) groups excluding carboxylic acids is 6. The Bertz CT molecular complexity index is 2450. The molecule has 71 heavy (non-hydrogen) atoms. The third-order valence-electron chi connectivity index (χ3n) is 11.8. The van der Waals surface area contributed by atoms with Gasteiger partial charge in [0.1, 0.15) is 29.8 Å². The van der Waals surface area contributed by atoms with E-state index in [1.165, 1.54) is 0 Å². The summed E-state index contributed by atoms with van der Waals surface area (Å²) in [5, 5.41) is 26.7. The van der Waals surface area contributed by atoms with Gasteiger partial charge >= 0.3 is 6.09 Å². The van der Waals surface area contributed by atoms with Crippen LogP contribution in [0.2, 0.25) is 0 Å². The molecular formula is C57H70N6O8. The summed E-state index contributed by atoms with van der Waals surface area (Å²) in [7, 11) is 0. The minimum Gasteiger partial charge on any atom is -0.444 e. The Morgan fingerprint density at radius 1 is 0.465 bits per heavy atom. The summed E-state index contributed by atoms with van der Waals surface area (Å²) in [5.41, 5.74) is 8.83. The first-order valence-electron chi connectivity index (χ1n) is 24.3. The number of benzene rings is 5. The molecule has 5 aromatic rings. The SMILES string of the molecule is CC(C)C[C@H](NC(=O)C(Cc1ccccc1)C[C@H](O)[C@H](Cc1ccccc1)NC(=O)[C@H](Cc1ccccc1)NC(=O)[C@H](Cc1ccccc1)NC(=O)OC(C)(C)C)C(=O)N[C@@H](Cc1ccccc1)C(N)=O. The molecule has 0 aliphatic rings. The monoisotopic (exact) mass is 967 g/mol. The maximum atomic E-state index is 14.8. The highest BCUT2D eigenvalue weighted by molar-refractivity contribution is 5.93. The van der Waals surface area contributed by atoms with Crippen molar-refractivity contribution in [1.29, 1.82) is 0 Å². The van der Waals surface area contributed by atoms with Crippen molar-refractivity contribution in [3.63, 3.8) is 0 Å². The Morgan fingerprint density at radius 3 is 1.24 bits per heavy atom. The molecule has 5 aromatic carbocycles. The van der Waals surface area contributed by atoms with Crippen LogP contribution >= 0.6 is 0 Å². The standard InChI is InChI=1S/C57H70N6O8/c1-38(2)31-47(53(67)60-46(51(58)65)34-41-25-15-8-16-26-41)61-52(66)44(32-39-21-11-6-12-22-39)37-50(64)45(33-40-23-13-7-14-24-40)59-54(68)48(35-42-27-17-9-18-28-42)62-55(69)49(36-43-29-19-10-20-30-43)63-56(70)71-57(3,4)5/h6-30,38,44-50,64H,31-37H2,1-5H3,(H2,58,65)(H,59,68)(H,60,67)(H,61,66)(H,62,69)(H,63,70)/t44?,45-,46-,47-,48-,49-,50-/m0/s1. The number of hydrogen-bond acceptors (Lipinski definition) is 8. The molecule has 8 N–H and O–H groups in total. The molecule has 14 heteroatoms. The summed E-state index contributed by atoms with van der Waals surface area (Å²) in [6.07, 6.45) is -1.34. The lowest BCUT2D eigenvalue weighted by atomic mass is 9.88. The summed E-state index contributed by atoms with van der Waals surface area (Å²) >= 11 is 0. The molecule has 0 bridgehead atoms. The van der Waals surface area contributed by atoms with Gasteiger partial charge in [-0.15, -0.1) is 0 Å². The Labute approximate surface area is 417 Å². The summed E-state index contributed by atoms with van der Waals surface area (Å²) in [4.78, 5) is 83.4. The van der Waals surface area contributed by atoms with Crippen LogP contribution in [0.15, 0.2) is 152 Å². The van der Waals surface area contributed by atoms with Crippen molar-refractivity contribution in [2.75, 3.05) is 0 Å². The van der Waals surface area contributed by atoms with Crippen LogP contribution in [0, 0.1) is 11.8 Å². The van der Waals surface area contributed by atoms with E-state index in [4.69, 9.17) is 10.5 Å². The van der Waals surface area contributed by atoms with Crippen LogP contribution in [0.5, 0.6) is 0 Å². The van der Waals surface area contributed by atoms with Gasteiger partial charge in [0.25, 0.3) is 0 Å². The predicted octanol–water partition coefficient (Wildman–Crippen LogP) is 5.93. The first-order valence-corrected chi connectivity index (χ1v) is 24.3. The fourth-order valence-electron chi connectivity index (χ4n) is 8.25. The number of aliphatic hydroxyl groups is 1. The summed E-state index contributed by atoms with van der Waals surface area (Å²) in [6, 6.07) is 40.7. The van der Waals surface area contributed by atoms with Crippen LogP contribution in [-0.2, 0) is 60.8 Å². The number of nitrogens with two attached hydrogens (primary N) is 1. The van der Waals surface area contributed by atoms with Gasteiger partial charge in [0.2, 0.25) is 29.5 Å². The number of primary amides is 1. The number of aliphatic hydroxyl groups excluding tert-OH is 1. The molecule has 14 nitrogen and oxygen atoms in total. The van der Waals surface area contributed by atoms with Crippen molar-refractivity contribution in [1.82, 2.24) is 26.6 Å². The van der Waals surface area contributed by atoms with Gasteiger partial charge in [0.05, 0.1) is 12.1 Å². The van der Waals surface area contributed by atoms with Crippen molar-refractivity contribution < 1.29 is 38.6 Å². The second-order valence-corrected chi connectivity index (χ2v) is 19.5. The molecule has 0 fully saturated rings. The van der Waals surface area contributed by atoms with E-state index in [1.54, 1.807) is 20.8 Å². The highest BCUT2D eigenvalue weighted by Crippen LogP contribution is 2.21. The second kappa shape index (κ2) is 27.2. The average molecular weight is 967 g/mol. The Morgan fingerprint density at radius 2 is 0.817 bits per heavy atom. The van der Waals surface area contributed by atoms with E-state index >= 15 is 0 Å². The van der Waals surface area contributed by atoms with Gasteiger partial charge < -0.3 is 42.2 Å². The zero-order chi connectivity index (χ0) is 51.3.